The summed E-state index contributed by atoms with van der Waals surface area (Å²) in [5.74, 6) is 2.17. The highest BCUT2D eigenvalue weighted by Crippen LogP contribution is 2.30. The summed E-state index contributed by atoms with van der Waals surface area (Å²) in [6.07, 6.45) is 0. The molecule has 0 amide bonds. The van der Waals surface area contributed by atoms with Crippen LogP contribution in [-0.2, 0) is 6.54 Å². The van der Waals surface area contributed by atoms with Crippen molar-refractivity contribution in [2.45, 2.75) is 25.1 Å². The van der Waals surface area contributed by atoms with Crippen LogP contribution in [0.15, 0.2) is 18.2 Å². The summed E-state index contributed by atoms with van der Waals surface area (Å²) >= 11 is 2.07. The van der Waals surface area contributed by atoms with Gasteiger partial charge in [-0.15, -0.1) is 0 Å². The average Bonchev–Trinajstić information content (AvgIpc) is 2.28. The molecule has 2 rings (SSSR count). The molecule has 4 heteroatoms. The molecule has 1 aliphatic rings. The highest BCUT2D eigenvalue weighted by molar-refractivity contribution is 8.00. The van der Waals surface area contributed by atoms with Gasteiger partial charge in [0.25, 0.3) is 0 Å². The zero-order valence-corrected chi connectivity index (χ0v) is 11.7. The van der Waals surface area contributed by atoms with Crippen molar-refractivity contribution in [1.82, 2.24) is 9.88 Å². The predicted molar refractivity (Wildman–Crippen MR) is 75.6 cm³/mol. The van der Waals surface area contributed by atoms with Gasteiger partial charge in [-0.25, -0.2) is 4.98 Å². The van der Waals surface area contributed by atoms with Crippen molar-refractivity contribution < 1.29 is 0 Å². The summed E-state index contributed by atoms with van der Waals surface area (Å²) in [7, 11) is 1.91. The zero-order chi connectivity index (χ0) is 12.3. The quantitative estimate of drug-likeness (QED) is 0.893. The second-order valence-corrected chi connectivity index (χ2v) is 6.89. The zero-order valence-electron chi connectivity index (χ0n) is 10.9. The summed E-state index contributed by atoms with van der Waals surface area (Å²) in [6.45, 7) is 7.91. The second kappa shape index (κ2) is 5.27. The van der Waals surface area contributed by atoms with E-state index in [2.05, 4.69) is 52.9 Å². The van der Waals surface area contributed by atoms with Gasteiger partial charge in [0.1, 0.15) is 5.82 Å². The predicted octanol–water partition coefficient (Wildman–Crippen LogP) is 2.45. The van der Waals surface area contributed by atoms with E-state index in [1.807, 2.05) is 13.1 Å². The Balaban J connectivity index is 2.00. The molecule has 0 unspecified atom stereocenters. The van der Waals surface area contributed by atoms with Crippen molar-refractivity contribution >= 4 is 17.6 Å². The van der Waals surface area contributed by atoms with Crippen molar-refractivity contribution in [1.29, 1.82) is 0 Å². The standard InChI is InChI=1S/C13H21N3S/c1-13(2)10-16(7-8-17-13)9-11-5-4-6-12(14-3)15-11/h4-6H,7-10H2,1-3H3,(H,14,15). The van der Waals surface area contributed by atoms with Crippen molar-refractivity contribution in [3.63, 3.8) is 0 Å². The molecule has 0 bridgehead atoms. The van der Waals surface area contributed by atoms with Gasteiger partial charge < -0.3 is 5.32 Å². The van der Waals surface area contributed by atoms with Gasteiger partial charge >= 0.3 is 0 Å². The maximum absolute atomic E-state index is 4.57. The first-order valence-electron chi connectivity index (χ1n) is 6.09. The minimum Gasteiger partial charge on any atom is -0.373 e. The summed E-state index contributed by atoms with van der Waals surface area (Å²) in [5, 5.41) is 3.09. The summed E-state index contributed by atoms with van der Waals surface area (Å²) < 4.78 is 0.374. The Morgan fingerprint density at radius 1 is 1.47 bits per heavy atom. The number of pyridine rings is 1. The largest absolute Gasteiger partial charge is 0.373 e. The number of hydrogen-bond donors (Lipinski definition) is 1. The minimum absolute atomic E-state index is 0.374. The van der Waals surface area contributed by atoms with Gasteiger partial charge in [0.2, 0.25) is 0 Å². The van der Waals surface area contributed by atoms with Crippen molar-refractivity contribution in [3.05, 3.63) is 23.9 Å². The van der Waals surface area contributed by atoms with Crippen molar-refractivity contribution in [2.75, 3.05) is 31.2 Å². The SMILES string of the molecule is CNc1cccc(CN2CCSC(C)(C)C2)n1. The summed E-state index contributed by atoms with van der Waals surface area (Å²) in [6, 6.07) is 6.17. The van der Waals surface area contributed by atoms with Gasteiger partial charge in [-0.05, 0) is 26.0 Å². The lowest BCUT2D eigenvalue weighted by Crippen LogP contribution is -2.42. The number of thioether (sulfide) groups is 1. The molecule has 0 aliphatic carbocycles. The Bertz CT molecular complexity index is 379. The van der Waals surface area contributed by atoms with Crippen LogP contribution < -0.4 is 5.32 Å². The molecule has 0 aromatic carbocycles. The van der Waals surface area contributed by atoms with E-state index in [0.717, 1.165) is 24.6 Å². The fraction of sp³-hybridized carbons (Fsp3) is 0.615. The van der Waals surface area contributed by atoms with E-state index in [-0.39, 0.29) is 0 Å². The Hall–Kier alpha value is -0.740. The van der Waals surface area contributed by atoms with Crippen LogP contribution in [0.1, 0.15) is 19.5 Å². The van der Waals surface area contributed by atoms with E-state index in [9.17, 15) is 0 Å². The number of nitrogens with one attached hydrogen (secondary N) is 1. The lowest BCUT2D eigenvalue weighted by Gasteiger charge is -2.37. The molecule has 1 fully saturated rings. The summed E-state index contributed by atoms with van der Waals surface area (Å²) in [4.78, 5) is 7.07. The van der Waals surface area contributed by atoms with Gasteiger partial charge in [0, 0.05) is 37.2 Å². The van der Waals surface area contributed by atoms with E-state index < -0.39 is 0 Å². The molecule has 1 saturated heterocycles. The van der Waals surface area contributed by atoms with Gasteiger partial charge in [0.15, 0.2) is 0 Å². The maximum atomic E-state index is 4.57. The first-order valence-corrected chi connectivity index (χ1v) is 7.08. The highest BCUT2D eigenvalue weighted by Gasteiger charge is 2.26. The molecule has 0 saturated carbocycles. The van der Waals surface area contributed by atoms with E-state index >= 15 is 0 Å². The van der Waals surface area contributed by atoms with Crippen LogP contribution in [0, 0.1) is 0 Å². The lowest BCUT2D eigenvalue weighted by atomic mass is 10.2. The minimum atomic E-state index is 0.374. The maximum Gasteiger partial charge on any atom is 0.126 e. The van der Waals surface area contributed by atoms with Gasteiger partial charge in [-0.1, -0.05) is 6.07 Å². The average molecular weight is 251 g/mol. The van der Waals surface area contributed by atoms with Crippen LogP contribution in [-0.4, -0.2) is 40.5 Å². The lowest BCUT2D eigenvalue weighted by molar-refractivity contribution is 0.250. The normalized spacial score (nSPS) is 20.2. The molecule has 0 atom stereocenters. The Morgan fingerprint density at radius 3 is 3.00 bits per heavy atom. The van der Waals surface area contributed by atoms with E-state index in [0.29, 0.717) is 4.75 Å². The monoisotopic (exact) mass is 251 g/mol. The fourth-order valence-electron chi connectivity index (χ4n) is 2.19. The van der Waals surface area contributed by atoms with Crippen molar-refractivity contribution in [3.8, 4) is 0 Å². The van der Waals surface area contributed by atoms with Crippen LogP contribution in [0.3, 0.4) is 0 Å². The Morgan fingerprint density at radius 2 is 2.29 bits per heavy atom. The van der Waals surface area contributed by atoms with Crippen LogP contribution in [0.25, 0.3) is 0 Å². The number of aromatic nitrogens is 1. The Kier molecular flexibility index (Phi) is 3.94. The van der Waals surface area contributed by atoms with Crippen LogP contribution in [0.5, 0.6) is 0 Å². The summed E-state index contributed by atoms with van der Waals surface area (Å²) in [5.41, 5.74) is 1.15. The number of anilines is 1. The molecule has 1 aromatic rings. The number of hydrogen-bond acceptors (Lipinski definition) is 4. The van der Waals surface area contributed by atoms with E-state index in [1.165, 1.54) is 12.3 Å². The molecule has 2 heterocycles. The molecular weight excluding hydrogens is 230 g/mol. The van der Waals surface area contributed by atoms with Crippen LogP contribution in [0.4, 0.5) is 5.82 Å². The third-order valence-electron chi connectivity index (χ3n) is 2.95. The highest BCUT2D eigenvalue weighted by atomic mass is 32.2. The Labute approximate surface area is 108 Å². The van der Waals surface area contributed by atoms with Crippen molar-refractivity contribution in [2.24, 2.45) is 0 Å². The fourth-order valence-corrected chi connectivity index (χ4v) is 3.36. The molecule has 0 radical (unpaired) electrons. The van der Waals surface area contributed by atoms with E-state index in [1.54, 1.807) is 0 Å². The molecule has 1 aromatic heterocycles. The molecule has 1 aliphatic heterocycles. The number of nitrogens with zero attached hydrogens (tertiary/aromatic N) is 2. The topological polar surface area (TPSA) is 28.2 Å². The smallest absolute Gasteiger partial charge is 0.126 e. The van der Waals surface area contributed by atoms with Gasteiger partial charge in [-0.2, -0.15) is 11.8 Å². The molecule has 0 spiro atoms. The molecule has 17 heavy (non-hydrogen) atoms. The third kappa shape index (κ3) is 3.61. The third-order valence-corrected chi connectivity index (χ3v) is 4.25. The van der Waals surface area contributed by atoms with Gasteiger partial charge in [-0.3, -0.25) is 4.90 Å². The van der Waals surface area contributed by atoms with Crippen LogP contribution in [0.2, 0.25) is 0 Å². The van der Waals surface area contributed by atoms with E-state index in [4.69, 9.17) is 0 Å². The first kappa shape index (κ1) is 12.7. The molecule has 1 N–H and O–H groups in total. The first-order chi connectivity index (χ1) is 8.09. The second-order valence-electron chi connectivity index (χ2n) is 5.08. The molecule has 94 valence electrons. The molecule has 3 nitrogen and oxygen atoms in total. The van der Waals surface area contributed by atoms with Gasteiger partial charge in [0.05, 0.1) is 5.69 Å². The van der Waals surface area contributed by atoms with Crippen LogP contribution >= 0.6 is 11.8 Å². The number of rotatable bonds is 3. The molecular formula is C13H21N3S.